The molecule has 1 saturated carbocycles. The highest BCUT2D eigenvalue weighted by molar-refractivity contribution is 5.83. The Morgan fingerprint density at radius 3 is 3.00 bits per heavy atom. The molecule has 4 nitrogen and oxygen atoms in total. The maximum Gasteiger partial charge on any atom is 0.341 e. The third kappa shape index (κ3) is 2.10. The Hall–Kier alpha value is -1.13. The van der Waals surface area contributed by atoms with Crippen LogP contribution in [0.1, 0.15) is 26.2 Å². The fourth-order valence-corrected chi connectivity index (χ4v) is 2.76. The summed E-state index contributed by atoms with van der Waals surface area (Å²) in [4.78, 5) is 11.5. The lowest BCUT2D eigenvalue weighted by Gasteiger charge is -2.21. The van der Waals surface area contributed by atoms with Crippen molar-refractivity contribution in [3.8, 4) is 0 Å². The van der Waals surface area contributed by atoms with E-state index in [0.717, 1.165) is 12.8 Å². The van der Waals surface area contributed by atoms with Gasteiger partial charge in [-0.25, -0.2) is 4.79 Å². The number of esters is 1. The highest BCUT2D eigenvalue weighted by atomic mass is 16.6. The van der Waals surface area contributed by atoms with Gasteiger partial charge in [-0.1, -0.05) is 37.6 Å². The van der Waals surface area contributed by atoms with Crippen molar-refractivity contribution in [1.82, 2.24) is 0 Å². The van der Waals surface area contributed by atoms with Gasteiger partial charge in [-0.3, -0.25) is 0 Å². The summed E-state index contributed by atoms with van der Waals surface area (Å²) in [5.74, 6) is -1.02. The normalized spacial score (nSPS) is 39.7. The van der Waals surface area contributed by atoms with E-state index in [2.05, 4.69) is 13.0 Å². The van der Waals surface area contributed by atoms with Gasteiger partial charge in [0.25, 0.3) is 0 Å². The van der Waals surface area contributed by atoms with Gasteiger partial charge in [0.05, 0.1) is 12.7 Å². The van der Waals surface area contributed by atoms with Gasteiger partial charge in [0.2, 0.25) is 0 Å². The van der Waals surface area contributed by atoms with E-state index in [1.807, 2.05) is 18.2 Å². The van der Waals surface area contributed by atoms with E-state index in [4.69, 9.17) is 4.74 Å². The number of fused-ring (bicyclic) bond motifs is 1. The maximum atomic E-state index is 11.5. The monoisotopic (exact) mass is 252 g/mol. The molecule has 100 valence electrons. The van der Waals surface area contributed by atoms with Gasteiger partial charge < -0.3 is 14.9 Å². The van der Waals surface area contributed by atoms with E-state index in [1.54, 1.807) is 0 Å². The molecule has 0 aromatic heterocycles. The Morgan fingerprint density at radius 1 is 1.50 bits per heavy atom. The van der Waals surface area contributed by atoms with Gasteiger partial charge in [0, 0.05) is 5.92 Å². The van der Waals surface area contributed by atoms with Crippen LogP contribution in [0.25, 0.3) is 0 Å². The lowest BCUT2D eigenvalue weighted by atomic mass is 9.88. The molecule has 4 unspecified atom stereocenters. The zero-order chi connectivity index (χ0) is 13.2. The van der Waals surface area contributed by atoms with Gasteiger partial charge in [0.1, 0.15) is 0 Å². The first-order valence-electron chi connectivity index (χ1n) is 6.51. The van der Waals surface area contributed by atoms with Crippen molar-refractivity contribution >= 4 is 5.97 Å². The zero-order valence-electron chi connectivity index (χ0n) is 10.6. The molecular weight excluding hydrogens is 232 g/mol. The Bertz CT molecular complexity index is 374. The predicted octanol–water partition coefficient (Wildman–Crippen LogP) is 1.18. The standard InChI is InChI=1S/C14H20O4/c1-2-3-4-5-6-7-10-8-12(15)14(17)11(10)9-18-13(14)16/h4-7,10-12,15,17H,2-3,8-9H2,1H3/b5-4+,7-6+. The van der Waals surface area contributed by atoms with Gasteiger partial charge in [-0.05, 0) is 18.8 Å². The number of hydrogen-bond donors (Lipinski definition) is 2. The van der Waals surface area contributed by atoms with Gasteiger partial charge in [0.15, 0.2) is 5.60 Å². The number of cyclic esters (lactones) is 1. The summed E-state index contributed by atoms with van der Waals surface area (Å²) >= 11 is 0. The Kier molecular flexibility index (Phi) is 3.88. The van der Waals surface area contributed by atoms with Crippen molar-refractivity contribution in [2.45, 2.75) is 37.9 Å². The van der Waals surface area contributed by atoms with Crippen LogP contribution < -0.4 is 0 Å². The lowest BCUT2D eigenvalue weighted by molar-refractivity contribution is -0.162. The molecule has 2 fully saturated rings. The second kappa shape index (κ2) is 5.24. The summed E-state index contributed by atoms with van der Waals surface area (Å²) in [6.07, 6.45) is 9.43. The molecule has 0 amide bonds. The van der Waals surface area contributed by atoms with Crippen molar-refractivity contribution < 1.29 is 19.7 Å². The summed E-state index contributed by atoms with van der Waals surface area (Å²) in [6, 6.07) is 0. The molecule has 0 spiro atoms. The highest BCUT2D eigenvalue weighted by Gasteiger charge is 2.63. The van der Waals surface area contributed by atoms with Crippen LogP contribution in [0.2, 0.25) is 0 Å². The zero-order valence-corrected chi connectivity index (χ0v) is 10.6. The van der Waals surface area contributed by atoms with E-state index in [-0.39, 0.29) is 18.4 Å². The molecule has 1 saturated heterocycles. The molecule has 1 aliphatic heterocycles. The molecule has 2 aliphatic rings. The molecule has 4 heteroatoms. The number of aliphatic hydroxyl groups is 2. The fourth-order valence-electron chi connectivity index (χ4n) is 2.76. The van der Waals surface area contributed by atoms with Crippen molar-refractivity contribution in [2.75, 3.05) is 6.61 Å². The second-order valence-corrected chi connectivity index (χ2v) is 5.05. The first-order chi connectivity index (χ1) is 8.60. The van der Waals surface area contributed by atoms with Crippen molar-refractivity contribution in [2.24, 2.45) is 11.8 Å². The molecule has 4 atom stereocenters. The van der Waals surface area contributed by atoms with Gasteiger partial charge in [-0.2, -0.15) is 0 Å². The predicted molar refractivity (Wildman–Crippen MR) is 66.7 cm³/mol. The van der Waals surface area contributed by atoms with Crippen LogP contribution in [0.3, 0.4) is 0 Å². The van der Waals surface area contributed by atoms with Gasteiger partial charge in [-0.15, -0.1) is 0 Å². The first kappa shape index (κ1) is 13.3. The average molecular weight is 252 g/mol. The largest absolute Gasteiger partial charge is 0.463 e. The molecule has 0 bridgehead atoms. The van der Waals surface area contributed by atoms with Gasteiger partial charge >= 0.3 is 5.97 Å². The molecule has 0 radical (unpaired) electrons. The third-order valence-electron chi connectivity index (χ3n) is 3.87. The van der Waals surface area contributed by atoms with E-state index in [1.165, 1.54) is 0 Å². The third-order valence-corrected chi connectivity index (χ3v) is 3.87. The number of ether oxygens (including phenoxy) is 1. The van der Waals surface area contributed by atoms with E-state index in [9.17, 15) is 15.0 Å². The number of rotatable bonds is 4. The van der Waals surface area contributed by atoms with E-state index in [0.29, 0.717) is 6.42 Å². The number of allylic oxidation sites excluding steroid dienone is 4. The van der Waals surface area contributed by atoms with Crippen molar-refractivity contribution in [1.29, 1.82) is 0 Å². The lowest BCUT2D eigenvalue weighted by Crippen LogP contribution is -2.46. The number of carbonyl (C=O) groups excluding carboxylic acids is 1. The maximum absolute atomic E-state index is 11.5. The molecule has 1 heterocycles. The number of carbonyl (C=O) groups is 1. The average Bonchev–Trinajstić information content (AvgIpc) is 2.77. The number of hydrogen-bond acceptors (Lipinski definition) is 4. The van der Waals surface area contributed by atoms with Crippen LogP contribution in [-0.4, -0.2) is 34.5 Å². The summed E-state index contributed by atoms with van der Waals surface area (Å²) in [6.45, 7) is 2.31. The van der Waals surface area contributed by atoms with Crippen LogP contribution in [-0.2, 0) is 9.53 Å². The van der Waals surface area contributed by atoms with Crippen LogP contribution >= 0.6 is 0 Å². The molecular formula is C14H20O4. The molecule has 2 N–H and O–H groups in total. The van der Waals surface area contributed by atoms with Crippen LogP contribution in [0.5, 0.6) is 0 Å². The topological polar surface area (TPSA) is 66.8 Å². The SMILES string of the molecule is CCC/C=C/C=C/C1CC(O)C2(O)C(=O)OCC12. The van der Waals surface area contributed by atoms with Crippen LogP contribution in [0.15, 0.2) is 24.3 Å². The van der Waals surface area contributed by atoms with E-state index < -0.39 is 17.7 Å². The second-order valence-electron chi connectivity index (χ2n) is 5.05. The molecule has 18 heavy (non-hydrogen) atoms. The summed E-state index contributed by atoms with van der Waals surface area (Å²) in [5.41, 5.74) is -1.69. The highest BCUT2D eigenvalue weighted by Crippen LogP contribution is 2.45. The Balaban J connectivity index is 2.02. The minimum atomic E-state index is -1.69. The fraction of sp³-hybridized carbons (Fsp3) is 0.643. The van der Waals surface area contributed by atoms with Crippen molar-refractivity contribution in [3.05, 3.63) is 24.3 Å². The van der Waals surface area contributed by atoms with Crippen molar-refractivity contribution in [3.63, 3.8) is 0 Å². The Labute approximate surface area is 107 Å². The number of aliphatic hydroxyl groups excluding tert-OH is 1. The summed E-state index contributed by atoms with van der Waals surface area (Å²) in [7, 11) is 0. The summed E-state index contributed by atoms with van der Waals surface area (Å²) < 4.78 is 4.87. The smallest absolute Gasteiger partial charge is 0.341 e. The minimum absolute atomic E-state index is 0.0114. The Morgan fingerprint density at radius 2 is 2.28 bits per heavy atom. The molecule has 1 aliphatic carbocycles. The minimum Gasteiger partial charge on any atom is -0.463 e. The quantitative estimate of drug-likeness (QED) is 0.582. The molecule has 0 aromatic rings. The summed E-state index contributed by atoms with van der Waals surface area (Å²) in [5, 5.41) is 20.0. The number of unbranched alkanes of at least 4 members (excludes halogenated alkanes) is 1. The molecule has 0 aromatic carbocycles. The van der Waals surface area contributed by atoms with E-state index >= 15 is 0 Å². The molecule has 2 rings (SSSR count). The van der Waals surface area contributed by atoms with Crippen LogP contribution in [0, 0.1) is 11.8 Å². The first-order valence-corrected chi connectivity index (χ1v) is 6.51. The van der Waals surface area contributed by atoms with Crippen LogP contribution in [0.4, 0.5) is 0 Å².